The van der Waals surface area contributed by atoms with Crippen LogP contribution in [0.5, 0.6) is 0 Å². The van der Waals surface area contributed by atoms with E-state index in [4.69, 9.17) is 5.32 Å². The van der Waals surface area contributed by atoms with E-state index >= 15 is 0 Å². The Kier molecular flexibility index (Phi) is 21.9. The molecule has 0 aromatic heterocycles. The minimum Gasteiger partial charge on any atom is -0.210 e. The number of hydrogen-bond acceptors (Lipinski definition) is 0. The Morgan fingerprint density at radius 2 is 0.370 bits per heavy atom. The summed E-state index contributed by atoms with van der Waals surface area (Å²) in [5, 5.41) is 6.03. The highest BCUT2D eigenvalue weighted by Gasteiger charge is 2.77. The van der Waals surface area contributed by atoms with Gasteiger partial charge >= 0.3 is 0 Å². The molecule has 0 aromatic carbocycles. The molecule has 163 valence electrons. The topological polar surface area (TPSA) is 14.1 Å². The van der Waals surface area contributed by atoms with E-state index in [1.54, 1.807) is 0 Å². The summed E-state index contributed by atoms with van der Waals surface area (Å²) in [7, 11) is 0. The van der Waals surface area contributed by atoms with Crippen LogP contribution in [-0.2, 0) is 0 Å². The third-order valence-electron chi connectivity index (χ3n) is 2.80. The van der Waals surface area contributed by atoms with E-state index in [1.807, 2.05) is 0 Å². The second-order valence-electron chi connectivity index (χ2n) is 4.52. The maximum atomic E-state index is 6.03. The maximum Gasteiger partial charge on any atom is 0.149 e. The molecule has 0 heterocycles. The average molecular weight is 2390 g/mol. The lowest BCUT2D eigenvalue weighted by molar-refractivity contribution is 0.295. The van der Waals surface area contributed by atoms with Crippen LogP contribution < -0.4 is 5.32 Å². The minimum atomic E-state index is -0.371. The molecule has 0 aliphatic heterocycles. The Labute approximate surface area is 406 Å². The highest BCUT2D eigenvalue weighted by atomic mass is 127. The van der Waals surface area contributed by atoms with Crippen molar-refractivity contribution in [2.24, 2.45) is 0 Å². The van der Waals surface area contributed by atoms with E-state index in [-0.39, 0.29) is 7.69 Å². The normalized spacial score (nSPS) is 16.7. The molecule has 0 bridgehead atoms. The highest BCUT2D eigenvalue weighted by Crippen LogP contribution is 2.75. The molecule has 1 radical (unpaired) electrons. The van der Waals surface area contributed by atoms with Crippen molar-refractivity contribution in [2.75, 3.05) is 0 Å². The van der Waals surface area contributed by atoms with Crippen molar-refractivity contribution in [1.29, 1.82) is 0 Å². The second kappa shape index (κ2) is 14.7. The van der Waals surface area contributed by atoms with Crippen LogP contribution >= 0.6 is 407 Å². The lowest BCUT2D eigenvalue weighted by atomic mass is 10.0. The number of alkyl halides is 18. The maximum absolute atomic E-state index is 6.03. The Bertz CT molecular complexity index is 398. The van der Waals surface area contributed by atoms with E-state index in [2.05, 4.69) is 407 Å². The van der Waals surface area contributed by atoms with Crippen LogP contribution in [0.3, 0.4) is 0 Å². The molecule has 0 aromatic rings. The van der Waals surface area contributed by atoms with Gasteiger partial charge in [0.1, 0.15) is 7.69 Å². The smallest absolute Gasteiger partial charge is 0.149 e. The quantitative estimate of drug-likeness (QED) is 0.170. The first-order valence-electron chi connectivity index (χ1n) is 5.35. The molecule has 0 aliphatic rings. The molecule has 0 spiro atoms. The first-order valence-corrected chi connectivity index (χ1v) is 24.8. The molecule has 0 rings (SSSR count). The summed E-state index contributed by atoms with van der Waals surface area (Å²) in [4.78, 5) is 0. The molecule has 27 heavy (non-hydrogen) atoms. The van der Waals surface area contributed by atoms with Crippen LogP contribution in [0.2, 0.25) is 0 Å². The van der Waals surface area contributed by atoms with E-state index < -0.39 is 0 Å². The summed E-state index contributed by atoms with van der Waals surface area (Å²) < 4.78 is -0.844. The van der Waals surface area contributed by atoms with Gasteiger partial charge in [-0.25, -0.2) is 5.32 Å². The number of halogens is 18. The zero-order valence-electron chi connectivity index (χ0n) is 11.3. The second-order valence-corrected chi connectivity index (χ2v) is 70.8. The first kappa shape index (κ1) is 40.1. The van der Waals surface area contributed by atoms with Crippen molar-refractivity contribution in [3.8, 4) is 0 Å². The van der Waals surface area contributed by atoms with Crippen molar-refractivity contribution in [3.05, 3.63) is 0 Å². The standard InChI is InChI=1S/C8I18N/c9-3(10,11)1(4(12,13)14,5(15,16)17)27-2(6(18,19)20,7(21,22)23)8(24,25)26. The summed E-state index contributed by atoms with van der Waals surface area (Å²) in [6, 6.07) is 0. The number of nitrogens with zero attached hydrogens (tertiary/aromatic N) is 1. The Morgan fingerprint density at radius 3 is 0.444 bits per heavy atom. The molecule has 0 saturated carbocycles. The predicted molar refractivity (Wildman–Crippen MR) is 276 cm³/mol. The molecule has 1 nitrogen and oxygen atoms in total. The summed E-state index contributed by atoms with van der Waals surface area (Å²) in [6.45, 7) is 0. The predicted octanol–water partition coefficient (Wildman–Crippen LogP) is 13.8. The first-order chi connectivity index (χ1) is 11.2. The van der Waals surface area contributed by atoms with Crippen LogP contribution in [0, 0.1) is 0 Å². The van der Waals surface area contributed by atoms with Gasteiger partial charge in [0, 0.05) is 0 Å². The van der Waals surface area contributed by atoms with Gasteiger partial charge in [-0.05, 0) is 0 Å². The molecule has 0 fully saturated rings. The summed E-state index contributed by atoms with van der Waals surface area (Å²) >= 11 is 46.7. The Balaban J connectivity index is 7.45. The molecular formula is C8I18N. The van der Waals surface area contributed by atoms with Crippen molar-refractivity contribution >= 4 is 407 Å². The van der Waals surface area contributed by atoms with Crippen LogP contribution in [-0.4, -0.2) is 7.69 Å². The molecule has 0 amide bonds. The summed E-state index contributed by atoms with van der Waals surface area (Å²) in [5.41, 5.74) is -0.741. The minimum absolute atomic E-state index is 0.141. The van der Waals surface area contributed by atoms with Gasteiger partial charge < -0.3 is 0 Å². The zero-order chi connectivity index (χ0) is 22.7. The van der Waals surface area contributed by atoms with Crippen LogP contribution in [0.1, 0.15) is 0 Å². The van der Waals surface area contributed by atoms with E-state index in [0.717, 1.165) is 0 Å². The van der Waals surface area contributed by atoms with Crippen molar-refractivity contribution in [2.45, 2.75) is 7.69 Å². The molecule has 0 atom stereocenters. The van der Waals surface area contributed by atoms with Gasteiger partial charge in [-0.3, -0.25) is 0 Å². The van der Waals surface area contributed by atoms with Gasteiger partial charge in [0.05, 0.1) is 0 Å². The van der Waals surface area contributed by atoms with Gasteiger partial charge in [-0.2, -0.15) is 0 Å². The molecule has 0 N–H and O–H groups in total. The van der Waals surface area contributed by atoms with Crippen molar-refractivity contribution in [1.82, 2.24) is 5.32 Å². The van der Waals surface area contributed by atoms with Crippen molar-refractivity contribution < 1.29 is 0 Å². The molecule has 0 aliphatic carbocycles. The fraction of sp³-hybridized carbons (Fsp3) is 1.00. The van der Waals surface area contributed by atoms with E-state index in [0.29, 0.717) is 0 Å². The monoisotopic (exact) mass is 2390 g/mol. The van der Waals surface area contributed by atoms with Crippen molar-refractivity contribution in [3.63, 3.8) is 0 Å². The van der Waals surface area contributed by atoms with Gasteiger partial charge in [0.25, 0.3) is 0 Å². The molecule has 0 unspecified atom stereocenters. The van der Waals surface area contributed by atoms with Crippen LogP contribution in [0.4, 0.5) is 0 Å². The largest absolute Gasteiger partial charge is 0.210 e. The Morgan fingerprint density at radius 1 is 0.259 bits per heavy atom. The summed E-state index contributed by atoms with van der Waals surface area (Å²) in [5.74, 6) is 0. The third-order valence-corrected chi connectivity index (χ3v) is 16.8. The zero-order valence-corrected chi connectivity index (χ0v) is 50.1. The lowest BCUT2D eigenvalue weighted by Crippen LogP contribution is -2.78. The van der Waals surface area contributed by atoms with E-state index in [9.17, 15) is 0 Å². The third kappa shape index (κ3) is 10.1. The SMILES string of the molecule is IC(I)(I)C([N]C(C(I)(I)I)(C(I)(I)I)C(I)(I)I)(C(I)(I)I)C(I)(I)I. The Hall–Kier alpha value is 13.1. The van der Waals surface area contributed by atoms with Crippen LogP contribution in [0.25, 0.3) is 0 Å². The summed E-state index contributed by atoms with van der Waals surface area (Å²) in [6.07, 6.45) is 0. The van der Waals surface area contributed by atoms with Gasteiger partial charge in [0.15, 0.2) is 0 Å². The molecule has 0 saturated heterocycles. The number of rotatable bonds is 8. The van der Waals surface area contributed by atoms with Crippen LogP contribution in [0.15, 0.2) is 0 Å². The van der Waals surface area contributed by atoms with E-state index in [1.165, 1.54) is 0 Å². The highest BCUT2D eigenvalue weighted by molar-refractivity contribution is 14.3. The van der Waals surface area contributed by atoms with Gasteiger partial charge in [-0.1, -0.05) is 407 Å². The number of hydrogen-bond donors (Lipinski definition) is 0. The van der Waals surface area contributed by atoms with Gasteiger partial charge in [0.2, 0.25) is 0 Å². The lowest BCUT2D eigenvalue weighted by Gasteiger charge is -2.60. The fourth-order valence-electron chi connectivity index (χ4n) is 1.60. The average Bonchev–Trinajstić information content (AvgIpc) is 2.16. The van der Waals surface area contributed by atoms with Gasteiger partial charge in [-0.15, -0.1) is 0 Å². The fourth-order valence-corrected chi connectivity index (χ4v) is 46.2. The molecule has 19 heteroatoms. The molecular weight excluding hydrogens is 2390 g/mol.